The number of hydrogen-bond acceptors (Lipinski definition) is 8. The quantitative estimate of drug-likeness (QED) is 0.415. The molecule has 3 aliphatic rings. The lowest BCUT2D eigenvalue weighted by atomic mass is 10.0. The zero-order valence-corrected chi connectivity index (χ0v) is 22.4. The molecule has 2 atom stereocenters. The van der Waals surface area contributed by atoms with Gasteiger partial charge in [-0.3, -0.25) is 9.69 Å². The summed E-state index contributed by atoms with van der Waals surface area (Å²) in [7, 11) is 0. The van der Waals surface area contributed by atoms with Crippen LogP contribution >= 0.6 is 0 Å². The number of hydrogen-bond donors (Lipinski definition) is 2. The van der Waals surface area contributed by atoms with Crippen LogP contribution in [-0.4, -0.2) is 72.5 Å². The third-order valence-corrected chi connectivity index (χ3v) is 7.47. The van der Waals surface area contributed by atoms with Crippen LogP contribution < -0.4 is 10.6 Å². The highest BCUT2D eigenvalue weighted by molar-refractivity contribution is 5.84. The zero-order valence-electron chi connectivity index (χ0n) is 22.4. The first-order valence-electron chi connectivity index (χ1n) is 13.4. The van der Waals surface area contributed by atoms with E-state index in [0.717, 1.165) is 6.07 Å². The molecule has 1 aromatic heterocycles. The minimum Gasteiger partial charge on any atom is -0.379 e. The number of nitrogens with one attached hydrogen (secondary N) is 2. The van der Waals surface area contributed by atoms with E-state index in [1.807, 2.05) is 4.90 Å². The molecule has 3 heterocycles. The number of benzene rings is 1. The summed E-state index contributed by atoms with van der Waals surface area (Å²) in [5, 5.41) is 6.01. The Hall–Kier alpha value is -2.87. The molecule has 2 aromatic rings. The van der Waals surface area contributed by atoms with E-state index in [9.17, 15) is 18.0 Å². The Balaban J connectivity index is 1.57. The second-order valence-electron chi connectivity index (χ2n) is 10.4. The molecule has 2 saturated heterocycles. The predicted octanol–water partition coefficient (Wildman–Crippen LogP) is 4.07. The van der Waals surface area contributed by atoms with Crippen molar-refractivity contribution in [3.8, 4) is 0 Å². The molecular formula is C27H33F4N5O4. The number of aromatic nitrogens is 2. The molecule has 1 aromatic carbocycles. The summed E-state index contributed by atoms with van der Waals surface area (Å²) in [6, 6.07) is 2.11. The Kier molecular flexibility index (Phi) is 8.55. The topological polar surface area (TPSA) is 97.8 Å². The average molecular weight is 568 g/mol. The monoisotopic (exact) mass is 567 g/mol. The molecule has 218 valence electrons. The molecule has 1 unspecified atom stereocenters. The number of carbonyl (C=O) groups excluding carboxylic acids is 1. The fourth-order valence-electron chi connectivity index (χ4n) is 5.10. The Labute approximate surface area is 229 Å². The molecule has 0 bridgehead atoms. The normalized spacial score (nSPS) is 20.9. The summed E-state index contributed by atoms with van der Waals surface area (Å²) in [4.78, 5) is 24.9. The van der Waals surface area contributed by atoms with Crippen LogP contribution in [0.15, 0.2) is 18.2 Å². The van der Waals surface area contributed by atoms with Gasteiger partial charge in [0.15, 0.2) is 6.29 Å². The Morgan fingerprint density at radius 3 is 2.42 bits per heavy atom. The van der Waals surface area contributed by atoms with Crippen LogP contribution in [-0.2, 0) is 19.0 Å². The predicted molar refractivity (Wildman–Crippen MR) is 136 cm³/mol. The van der Waals surface area contributed by atoms with Crippen LogP contribution in [0, 0.1) is 12.7 Å². The Bertz CT molecular complexity index is 1220. The van der Waals surface area contributed by atoms with Gasteiger partial charge in [-0.1, -0.05) is 18.2 Å². The third-order valence-electron chi connectivity index (χ3n) is 7.47. The first-order chi connectivity index (χ1) is 19.2. The lowest BCUT2D eigenvalue weighted by Crippen LogP contribution is -2.50. The van der Waals surface area contributed by atoms with Crippen molar-refractivity contribution in [2.24, 2.45) is 0 Å². The van der Waals surface area contributed by atoms with Gasteiger partial charge >= 0.3 is 0 Å². The van der Waals surface area contributed by atoms with E-state index in [1.165, 1.54) is 12.1 Å². The van der Waals surface area contributed by atoms with Gasteiger partial charge in [-0.15, -0.1) is 0 Å². The van der Waals surface area contributed by atoms with Gasteiger partial charge in [-0.2, -0.15) is 0 Å². The molecule has 1 saturated carbocycles. The van der Waals surface area contributed by atoms with Crippen LogP contribution in [0.3, 0.4) is 0 Å². The SMILES string of the molecule is Cc1nc(N[C@H](C)c2cccc(C(F)F)c2F)c(C2OCCO2)c(C(C(=O)NC2(CF)CC2)N2CCOCC2)n1. The molecule has 9 nitrogen and oxygen atoms in total. The van der Waals surface area contributed by atoms with Crippen LogP contribution in [0.4, 0.5) is 23.4 Å². The van der Waals surface area contributed by atoms with Crippen molar-refractivity contribution in [2.75, 3.05) is 51.5 Å². The number of alkyl halides is 3. The van der Waals surface area contributed by atoms with Crippen LogP contribution in [0.5, 0.6) is 0 Å². The highest BCUT2D eigenvalue weighted by Gasteiger charge is 2.47. The van der Waals surface area contributed by atoms with E-state index >= 15 is 4.39 Å². The van der Waals surface area contributed by atoms with Gasteiger partial charge in [-0.05, 0) is 26.7 Å². The van der Waals surface area contributed by atoms with Crippen molar-refractivity contribution in [2.45, 2.75) is 57.0 Å². The number of carbonyl (C=O) groups is 1. The fourth-order valence-corrected chi connectivity index (χ4v) is 5.10. The summed E-state index contributed by atoms with van der Waals surface area (Å²) in [5.74, 6) is -0.888. The standard InChI is InChI=1S/C27H33F4N5O4/c1-15(17-4-3-5-18(20(17)29)23(30)31)32-24-19(26-39-12-13-40-26)21(33-16(2)34-24)22(36-8-10-38-11-9-36)25(37)35-27(14-28)6-7-27/h3-5,15,22-23,26H,6-14H2,1-2H3,(H,35,37)(H,32,33,34)/t15-,22?/m1/s1. The van der Waals surface area contributed by atoms with Crippen molar-refractivity contribution < 1.29 is 36.6 Å². The first kappa shape index (κ1) is 28.7. The minimum atomic E-state index is -2.97. The number of nitrogens with zero attached hydrogens (tertiary/aromatic N) is 3. The molecule has 1 aliphatic carbocycles. The van der Waals surface area contributed by atoms with E-state index < -0.39 is 54.3 Å². The van der Waals surface area contributed by atoms with E-state index in [1.54, 1.807) is 13.8 Å². The Morgan fingerprint density at radius 2 is 1.80 bits per heavy atom. The maximum absolute atomic E-state index is 15.0. The van der Waals surface area contributed by atoms with Crippen molar-refractivity contribution in [3.63, 3.8) is 0 Å². The van der Waals surface area contributed by atoms with Gasteiger partial charge in [0.05, 0.1) is 54.8 Å². The zero-order chi connectivity index (χ0) is 28.4. The van der Waals surface area contributed by atoms with E-state index in [0.29, 0.717) is 56.2 Å². The fraction of sp³-hybridized carbons (Fsp3) is 0.593. The number of aryl methyl sites for hydroxylation is 1. The number of amides is 1. The first-order valence-corrected chi connectivity index (χ1v) is 13.4. The third kappa shape index (κ3) is 5.92. The van der Waals surface area contributed by atoms with Crippen LogP contribution in [0.2, 0.25) is 0 Å². The van der Waals surface area contributed by atoms with Crippen molar-refractivity contribution in [1.29, 1.82) is 0 Å². The Morgan fingerprint density at radius 1 is 1.12 bits per heavy atom. The van der Waals surface area contributed by atoms with E-state index in [4.69, 9.17) is 14.2 Å². The smallest absolute Gasteiger partial charge is 0.266 e. The molecule has 0 spiro atoms. The molecule has 1 amide bonds. The van der Waals surface area contributed by atoms with Crippen LogP contribution in [0.1, 0.15) is 72.8 Å². The summed E-state index contributed by atoms with van der Waals surface area (Å²) >= 11 is 0. The van der Waals surface area contributed by atoms with Crippen molar-refractivity contribution in [1.82, 2.24) is 20.2 Å². The molecule has 2 N–H and O–H groups in total. The van der Waals surface area contributed by atoms with E-state index in [-0.39, 0.29) is 24.6 Å². The summed E-state index contributed by atoms with van der Waals surface area (Å²) in [5.41, 5.74) is -0.898. The summed E-state index contributed by atoms with van der Waals surface area (Å²) in [6.45, 7) is 4.83. The number of anilines is 1. The molecule has 40 heavy (non-hydrogen) atoms. The van der Waals surface area contributed by atoms with Gasteiger partial charge in [0.25, 0.3) is 6.43 Å². The van der Waals surface area contributed by atoms with Crippen molar-refractivity contribution >= 4 is 11.7 Å². The molecular weight excluding hydrogens is 534 g/mol. The van der Waals surface area contributed by atoms with Crippen LogP contribution in [0.25, 0.3) is 0 Å². The van der Waals surface area contributed by atoms with E-state index in [2.05, 4.69) is 20.6 Å². The summed E-state index contributed by atoms with van der Waals surface area (Å²) in [6.07, 6.45) is -2.82. The highest BCUT2D eigenvalue weighted by Crippen LogP contribution is 2.40. The second-order valence-corrected chi connectivity index (χ2v) is 10.4. The van der Waals surface area contributed by atoms with Gasteiger partial charge in [0.1, 0.15) is 30.2 Å². The largest absolute Gasteiger partial charge is 0.379 e. The second kappa shape index (κ2) is 11.9. The summed E-state index contributed by atoms with van der Waals surface area (Å²) < 4.78 is 72.7. The highest BCUT2D eigenvalue weighted by atomic mass is 19.3. The molecule has 0 radical (unpaired) electrons. The van der Waals surface area contributed by atoms with Crippen molar-refractivity contribution in [3.05, 3.63) is 52.2 Å². The number of rotatable bonds is 10. The average Bonchev–Trinajstić information content (AvgIpc) is 3.49. The van der Waals surface area contributed by atoms with Gasteiger partial charge in [0, 0.05) is 18.7 Å². The lowest BCUT2D eigenvalue weighted by Gasteiger charge is -2.35. The number of morpholine rings is 1. The minimum absolute atomic E-state index is 0.0240. The maximum Gasteiger partial charge on any atom is 0.266 e. The molecule has 5 rings (SSSR count). The molecule has 2 aliphatic heterocycles. The lowest BCUT2D eigenvalue weighted by molar-refractivity contribution is -0.130. The number of halogens is 4. The molecule has 13 heteroatoms. The van der Waals surface area contributed by atoms with Gasteiger partial charge < -0.3 is 24.8 Å². The van der Waals surface area contributed by atoms with Gasteiger partial charge in [0.2, 0.25) is 5.91 Å². The maximum atomic E-state index is 15.0. The van der Waals surface area contributed by atoms with Gasteiger partial charge in [-0.25, -0.2) is 27.5 Å². The molecule has 3 fully saturated rings. The number of ether oxygens (including phenoxy) is 3.